The molecule has 0 spiro atoms. The van der Waals surface area contributed by atoms with E-state index in [0.29, 0.717) is 0 Å². The first kappa shape index (κ1) is 10.4. The summed E-state index contributed by atoms with van der Waals surface area (Å²) >= 11 is 0. The van der Waals surface area contributed by atoms with E-state index in [-0.39, 0.29) is 19.1 Å². The van der Waals surface area contributed by atoms with Gasteiger partial charge in [0.05, 0.1) is 18.2 Å². The number of rotatable bonds is 5. The smallest absolute Gasteiger partial charge is 0.240 e. The highest BCUT2D eigenvalue weighted by Crippen LogP contribution is 2.31. The second-order valence-electron chi connectivity index (χ2n) is 3.48. The summed E-state index contributed by atoms with van der Waals surface area (Å²) in [6.45, 7) is 0.420. The monoisotopic (exact) mass is 188 g/mol. The SMILES string of the molecule is COCC(O)CNC(=O)C1(N)CC1. The van der Waals surface area contributed by atoms with Crippen LogP contribution in [0.4, 0.5) is 0 Å². The molecule has 1 aliphatic carbocycles. The molecule has 0 aliphatic heterocycles. The summed E-state index contributed by atoms with van der Waals surface area (Å²) in [7, 11) is 1.50. The summed E-state index contributed by atoms with van der Waals surface area (Å²) in [4.78, 5) is 11.2. The summed E-state index contributed by atoms with van der Waals surface area (Å²) in [5.41, 5.74) is 4.97. The number of ether oxygens (including phenoxy) is 1. The average Bonchev–Trinajstić information content (AvgIpc) is 2.81. The lowest BCUT2D eigenvalue weighted by atomic mass is 10.2. The molecular weight excluding hydrogens is 172 g/mol. The van der Waals surface area contributed by atoms with Gasteiger partial charge in [-0.25, -0.2) is 0 Å². The summed E-state index contributed by atoms with van der Waals surface area (Å²) < 4.78 is 4.70. The predicted molar refractivity (Wildman–Crippen MR) is 47.0 cm³/mol. The van der Waals surface area contributed by atoms with Crippen molar-refractivity contribution in [2.75, 3.05) is 20.3 Å². The van der Waals surface area contributed by atoms with Gasteiger partial charge < -0.3 is 20.9 Å². The van der Waals surface area contributed by atoms with Crippen LogP contribution in [-0.4, -0.2) is 42.9 Å². The van der Waals surface area contributed by atoms with Crippen molar-refractivity contribution in [2.24, 2.45) is 5.73 Å². The molecule has 1 fully saturated rings. The van der Waals surface area contributed by atoms with E-state index in [1.165, 1.54) is 7.11 Å². The van der Waals surface area contributed by atoms with Crippen LogP contribution in [0.15, 0.2) is 0 Å². The fourth-order valence-electron chi connectivity index (χ4n) is 1.000. The van der Waals surface area contributed by atoms with Crippen molar-refractivity contribution in [3.8, 4) is 0 Å². The first-order valence-electron chi connectivity index (χ1n) is 4.33. The fraction of sp³-hybridized carbons (Fsp3) is 0.875. The van der Waals surface area contributed by atoms with Gasteiger partial charge in [0.2, 0.25) is 5.91 Å². The van der Waals surface area contributed by atoms with Gasteiger partial charge in [-0.3, -0.25) is 4.79 Å². The zero-order chi connectivity index (χ0) is 9.90. The minimum atomic E-state index is -0.660. The lowest BCUT2D eigenvalue weighted by Gasteiger charge is -2.13. The molecule has 0 bridgehead atoms. The Bertz CT molecular complexity index is 192. The zero-order valence-electron chi connectivity index (χ0n) is 7.75. The van der Waals surface area contributed by atoms with Crippen molar-refractivity contribution in [1.82, 2.24) is 5.32 Å². The maximum atomic E-state index is 11.2. The largest absolute Gasteiger partial charge is 0.389 e. The third kappa shape index (κ3) is 2.95. The van der Waals surface area contributed by atoms with E-state index >= 15 is 0 Å². The minimum Gasteiger partial charge on any atom is -0.389 e. The molecule has 0 saturated heterocycles. The van der Waals surface area contributed by atoms with E-state index in [4.69, 9.17) is 10.5 Å². The highest BCUT2D eigenvalue weighted by molar-refractivity contribution is 5.88. The van der Waals surface area contributed by atoms with Crippen molar-refractivity contribution in [2.45, 2.75) is 24.5 Å². The number of hydrogen-bond acceptors (Lipinski definition) is 4. The Hall–Kier alpha value is -0.650. The van der Waals surface area contributed by atoms with Gasteiger partial charge in [-0.1, -0.05) is 0 Å². The second kappa shape index (κ2) is 4.04. The molecule has 76 valence electrons. The Balaban J connectivity index is 2.15. The van der Waals surface area contributed by atoms with Gasteiger partial charge in [-0.05, 0) is 12.8 Å². The van der Waals surface area contributed by atoms with Gasteiger partial charge >= 0.3 is 0 Å². The van der Waals surface area contributed by atoms with Crippen LogP contribution >= 0.6 is 0 Å². The summed E-state index contributed by atoms with van der Waals surface area (Å²) in [6.07, 6.45) is 0.814. The minimum absolute atomic E-state index is 0.178. The third-order valence-corrected chi connectivity index (χ3v) is 2.10. The molecule has 0 radical (unpaired) electrons. The number of aliphatic hydroxyl groups excluding tert-OH is 1. The van der Waals surface area contributed by atoms with Crippen LogP contribution in [0.2, 0.25) is 0 Å². The Morgan fingerprint density at radius 1 is 1.77 bits per heavy atom. The Labute approximate surface area is 77.2 Å². The van der Waals surface area contributed by atoms with Crippen LogP contribution in [0.1, 0.15) is 12.8 Å². The van der Waals surface area contributed by atoms with Crippen molar-refractivity contribution in [1.29, 1.82) is 0 Å². The average molecular weight is 188 g/mol. The van der Waals surface area contributed by atoms with Crippen LogP contribution in [0.25, 0.3) is 0 Å². The molecule has 1 rings (SSSR count). The molecule has 1 amide bonds. The highest BCUT2D eigenvalue weighted by atomic mass is 16.5. The van der Waals surface area contributed by atoms with Crippen molar-refractivity contribution < 1.29 is 14.6 Å². The normalized spacial score (nSPS) is 20.8. The number of nitrogens with one attached hydrogen (secondary N) is 1. The van der Waals surface area contributed by atoms with E-state index in [0.717, 1.165) is 12.8 Å². The number of methoxy groups -OCH3 is 1. The van der Waals surface area contributed by atoms with E-state index in [9.17, 15) is 9.90 Å². The molecule has 0 heterocycles. The molecule has 5 heteroatoms. The van der Waals surface area contributed by atoms with Crippen LogP contribution < -0.4 is 11.1 Å². The molecule has 13 heavy (non-hydrogen) atoms. The first-order chi connectivity index (χ1) is 6.08. The molecular formula is C8H16N2O3. The Kier molecular flexibility index (Phi) is 3.24. The maximum absolute atomic E-state index is 11.2. The molecule has 4 N–H and O–H groups in total. The molecule has 0 aromatic heterocycles. The fourth-order valence-corrected chi connectivity index (χ4v) is 1.000. The third-order valence-electron chi connectivity index (χ3n) is 2.10. The molecule has 1 aliphatic rings. The maximum Gasteiger partial charge on any atom is 0.240 e. The van der Waals surface area contributed by atoms with Gasteiger partial charge in [0.15, 0.2) is 0 Å². The summed E-state index contributed by atoms with van der Waals surface area (Å²) in [5, 5.41) is 11.8. The quantitative estimate of drug-likeness (QED) is 0.495. The number of amides is 1. The van der Waals surface area contributed by atoms with Crippen LogP contribution in [0, 0.1) is 0 Å². The van der Waals surface area contributed by atoms with Gasteiger partial charge in [-0.15, -0.1) is 0 Å². The zero-order valence-corrected chi connectivity index (χ0v) is 7.75. The number of carbonyl (C=O) groups excluding carboxylic acids is 1. The number of aliphatic hydroxyl groups is 1. The van der Waals surface area contributed by atoms with E-state index < -0.39 is 11.6 Å². The molecule has 1 atom stereocenters. The molecule has 1 unspecified atom stereocenters. The van der Waals surface area contributed by atoms with Crippen molar-refractivity contribution >= 4 is 5.91 Å². The number of carbonyl (C=O) groups is 1. The Morgan fingerprint density at radius 2 is 2.38 bits per heavy atom. The van der Waals surface area contributed by atoms with Gasteiger partial charge in [0.25, 0.3) is 0 Å². The predicted octanol–water partition coefficient (Wildman–Crippen LogP) is -1.40. The topological polar surface area (TPSA) is 84.6 Å². The summed E-state index contributed by atoms with van der Waals surface area (Å²) in [6, 6.07) is 0. The van der Waals surface area contributed by atoms with E-state index in [2.05, 4.69) is 5.32 Å². The van der Waals surface area contributed by atoms with Gasteiger partial charge in [0, 0.05) is 13.7 Å². The lowest BCUT2D eigenvalue weighted by molar-refractivity contribution is -0.123. The molecule has 5 nitrogen and oxygen atoms in total. The van der Waals surface area contributed by atoms with Crippen LogP contribution in [0.5, 0.6) is 0 Å². The van der Waals surface area contributed by atoms with Crippen LogP contribution in [0.3, 0.4) is 0 Å². The lowest BCUT2D eigenvalue weighted by Crippen LogP contribution is -2.45. The van der Waals surface area contributed by atoms with Crippen molar-refractivity contribution in [3.05, 3.63) is 0 Å². The van der Waals surface area contributed by atoms with Gasteiger partial charge in [-0.2, -0.15) is 0 Å². The van der Waals surface area contributed by atoms with Crippen molar-refractivity contribution in [3.63, 3.8) is 0 Å². The van der Waals surface area contributed by atoms with Crippen LogP contribution in [-0.2, 0) is 9.53 Å². The molecule has 0 aromatic carbocycles. The second-order valence-corrected chi connectivity index (χ2v) is 3.48. The first-order valence-corrected chi connectivity index (χ1v) is 4.33. The number of nitrogens with two attached hydrogens (primary N) is 1. The Morgan fingerprint density at radius 3 is 2.85 bits per heavy atom. The highest BCUT2D eigenvalue weighted by Gasteiger charge is 2.45. The standard InChI is InChI=1S/C8H16N2O3/c1-13-5-6(11)4-10-7(12)8(9)2-3-8/h6,11H,2-5,9H2,1H3,(H,10,12). The molecule has 0 aromatic rings. The molecule has 1 saturated carbocycles. The summed E-state index contributed by atoms with van der Waals surface area (Å²) in [5.74, 6) is -0.178. The van der Waals surface area contributed by atoms with Gasteiger partial charge in [0.1, 0.15) is 0 Å². The number of hydrogen-bond donors (Lipinski definition) is 3. The van der Waals surface area contributed by atoms with E-state index in [1.54, 1.807) is 0 Å². The van der Waals surface area contributed by atoms with E-state index in [1.807, 2.05) is 0 Å².